The maximum Gasteiger partial charge on any atom is 0.328 e. The van der Waals surface area contributed by atoms with Crippen molar-refractivity contribution in [3.05, 3.63) is 12.2 Å². The van der Waals surface area contributed by atoms with Crippen LogP contribution in [0.15, 0.2) is 12.2 Å². The highest BCUT2D eigenvalue weighted by Gasteiger charge is 2.15. The number of carboxylic acid groups (broad SMARTS) is 1. The van der Waals surface area contributed by atoms with Gasteiger partial charge in [0.05, 0.1) is 0 Å². The van der Waals surface area contributed by atoms with Crippen LogP contribution in [0.5, 0.6) is 0 Å². The molecule has 0 radical (unpaired) electrons. The molecule has 0 aromatic heterocycles. The highest BCUT2D eigenvalue weighted by Crippen LogP contribution is 2.09. The first-order valence-electron chi connectivity index (χ1n) is 6.08. The molecule has 1 fully saturated rings. The van der Waals surface area contributed by atoms with Crippen LogP contribution in [0.25, 0.3) is 0 Å². The first-order chi connectivity index (χ1) is 8.20. The fraction of sp³-hybridized carbons (Fsp3) is 0.667. The minimum atomic E-state index is -0.948. The molecule has 0 aromatic rings. The predicted octanol–water partition coefficient (Wildman–Crippen LogP) is 0.619. The molecule has 1 heterocycles. The third-order valence-electron chi connectivity index (χ3n) is 2.75. The van der Waals surface area contributed by atoms with E-state index in [2.05, 4.69) is 5.32 Å². The summed E-state index contributed by atoms with van der Waals surface area (Å²) in [7, 11) is 0. The zero-order valence-corrected chi connectivity index (χ0v) is 10.0. The predicted molar refractivity (Wildman–Crippen MR) is 64.7 cm³/mol. The highest BCUT2D eigenvalue weighted by molar-refractivity contribution is 5.79. The summed E-state index contributed by atoms with van der Waals surface area (Å²) in [5, 5.41) is 11.4. The molecule has 0 bridgehead atoms. The average molecular weight is 240 g/mol. The molecule has 96 valence electrons. The number of nitrogens with one attached hydrogen (secondary N) is 1. The number of nitrogens with zero attached hydrogens (tertiary/aromatic N) is 1. The summed E-state index contributed by atoms with van der Waals surface area (Å²) < 4.78 is 0. The molecule has 0 saturated carbocycles. The highest BCUT2D eigenvalue weighted by atomic mass is 16.4. The van der Waals surface area contributed by atoms with E-state index in [1.165, 1.54) is 12.5 Å². The van der Waals surface area contributed by atoms with Crippen molar-refractivity contribution >= 4 is 11.9 Å². The van der Waals surface area contributed by atoms with Crippen molar-refractivity contribution in [2.45, 2.75) is 25.7 Å². The van der Waals surface area contributed by atoms with E-state index in [4.69, 9.17) is 5.11 Å². The van der Waals surface area contributed by atoms with Gasteiger partial charge in [-0.3, -0.25) is 4.79 Å². The third-order valence-corrected chi connectivity index (χ3v) is 2.75. The van der Waals surface area contributed by atoms with Crippen molar-refractivity contribution in [3.63, 3.8) is 0 Å². The molecule has 1 amide bonds. The zero-order chi connectivity index (χ0) is 12.5. The second-order valence-electron chi connectivity index (χ2n) is 4.14. The number of carbonyl (C=O) groups is 2. The fourth-order valence-corrected chi connectivity index (χ4v) is 1.84. The van der Waals surface area contributed by atoms with Crippen molar-refractivity contribution in [3.8, 4) is 0 Å². The number of aliphatic carboxylic acids is 1. The van der Waals surface area contributed by atoms with Gasteiger partial charge in [0.1, 0.15) is 0 Å². The minimum absolute atomic E-state index is 0.194. The van der Waals surface area contributed by atoms with Crippen LogP contribution in [0, 0.1) is 0 Å². The largest absolute Gasteiger partial charge is 0.478 e. The van der Waals surface area contributed by atoms with E-state index in [1.807, 2.05) is 4.90 Å². The van der Waals surface area contributed by atoms with Gasteiger partial charge < -0.3 is 15.3 Å². The number of hydrogen-bond donors (Lipinski definition) is 2. The van der Waals surface area contributed by atoms with E-state index < -0.39 is 5.97 Å². The van der Waals surface area contributed by atoms with Crippen molar-refractivity contribution in [1.82, 2.24) is 10.2 Å². The van der Waals surface area contributed by atoms with E-state index in [0.29, 0.717) is 19.5 Å². The molecule has 0 unspecified atom stereocenters. The Morgan fingerprint density at radius 2 is 1.94 bits per heavy atom. The Morgan fingerprint density at radius 1 is 1.24 bits per heavy atom. The average Bonchev–Trinajstić information content (AvgIpc) is 2.34. The number of rotatable bonds is 6. The van der Waals surface area contributed by atoms with Crippen molar-refractivity contribution in [2.24, 2.45) is 0 Å². The number of amides is 1. The standard InChI is InChI=1S/C12H20N2O3/c15-11(14-9-2-1-3-10-14)6-8-13-7-4-5-12(16)17/h4-5,13H,1-3,6-10H2,(H,16,17)/b5-4+. The Kier molecular flexibility index (Phi) is 6.32. The summed E-state index contributed by atoms with van der Waals surface area (Å²) in [6, 6.07) is 0. The number of hydrogen-bond acceptors (Lipinski definition) is 3. The van der Waals surface area contributed by atoms with Gasteiger partial charge in [0, 0.05) is 38.7 Å². The molecule has 5 heteroatoms. The van der Waals surface area contributed by atoms with Crippen molar-refractivity contribution in [2.75, 3.05) is 26.2 Å². The lowest BCUT2D eigenvalue weighted by atomic mass is 10.1. The first kappa shape index (κ1) is 13.7. The van der Waals surface area contributed by atoms with E-state index in [0.717, 1.165) is 32.0 Å². The fourth-order valence-electron chi connectivity index (χ4n) is 1.84. The summed E-state index contributed by atoms with van der Waals surface area (Å²) in [6.45, 7) is 2.86. The number of carboxylic acids is 1. The Bertz CT molecular complexity index is 283. The van der Waals surface area contributed by atoms with Crippen molar-refractivity contribution < 1.29 is 14.7 Å². The van der Waals surface area contributed by atoms with Gasteiger partial charge in [-0.2, -0.15) is 0 Å². The lowest BCUT2D eigenvalue weighted by Crippen LogP contribution is -2.37. The Labute approximate surface area is 101 Å². The van der Waals surface area contributed by atoms with Gasteiger partial charge in [-0.15, -0.1) is 0 Å². The lowest BCUT2D eigenvalue weighted by molar-refractivity contribution is -0.132. The molecule has 1 aliphatic rings. The zero-order valence-electron chi connectivity index (χ0n) is 10.0. The van der Waals surface area contributed by atoms with Gasteiger partial charge >= 0.3 is 5.97 Å². The molecule has 0 atom stereocenters. The second-order valence-corrected chi connectivity index (χ2v) is 4.14. The van der Waals surface area contributed by atoms with Crippen LogP contribution in [0.3, 0.4) is 0 Å². The smallest absolute Gasteiger partial charge is 0.328 e. The Morgan fingerprint density at radius 3 is 2.59 bits per heavy atom. The quantitative estimate of drug-likeness (QED) is 0.527. The summed E-state index contributed by atoms with van der Waals surface area (Å²) in [5.74, 6) is -0.754. The molecule has 1 aliphatic heterocycles. The molecule has 0 aliphatic carbocycles. The molecule has 1 rings (SSSR count). The van der Waals surface area contributed by atoms with E-state index in [1.54, 1.807) is 0 Å². The van der Waals surface area contributed by atoms with Crippen LogP contribution in [-0.2, 0) is 9.59 Å². The van der Waals surface area contributed by atoms with Crippen LogP contribution >= 0.6 is 0 Å². The van der Waals surface area contributed by atoms with Gasteiger partial charge in [-0.05, 0) is 19.3 Å². The van der Waals surface area contributed by atoms with Crippen molar-refractivity contribution in [1.29, 1.82) is 0 Å². The molecule has 5 nitrogen and oxygen atoms in total. The minimum Gasteiger partial charge on any atom is -0.478 e. The van der Waals surface area contributed by atoms with E-state index in [-0.39, 0.29) is 5.91 Å². The normalized spacial score (nSPS) is 16.4. The Balaban J connectivity index is 2.05. The van der Waals surface area contributed by atoms with Crippen LogP contribution in [0.1, 0.15) is 25.7 Å². The number of piperidine rings is 1. The molecule has 2 N–H and O–H groups in total. The molecular formula is C12H20N2O3. The van der Waals surface area contributed by atoms with Crippen LogP contribution in [-0.4, -0.2) is 48.1 Å². The van der Waals surface area contributed by atoms with Crippen LogP contribution in [0.4, 0.5) is 0 Å². The first-order valence-corrected chi connectivity index (χ1v) is 6.08. The third kappa shape index (κ3) is 6.06. The number of carbonyl (C=O) groups excluding carboxylic acids is 1. The van der Waals surface area contributed by atoms with Gasteiger partial charge in [0.15, 0.2) is 0 Å². The maximum atomic E-state index is 11.7. The topological polar surface area (TPSA) is 69.6 Å². The van der Waals surface area contributed by atoms with Crippen LogP contribution < -0.4 is 5.32 Å². The molecule has 17 heavy (non-hydrogen) atoms. The van der Waals surface area contributed by atoms with Gasteiger partial charge in [0.2, 0.25) is 5.91 Å². The SMILES string of the molecule is O=C(O)/C=C/CNCCC(=O)N1CCCCC1. The summed E-state index contributed by atoms with van der Waals surface area (Å²) in [4.78, 5) is 23.8. The van der Waals surface area contributed by atoms with Crippen LogP contribution in [0.2, 0.25) is 0 Å². The summed E-state index contributed by atoms with van der Waals surface area (Å²) >= 11 is 0. The Hall–Kier alpha value is -1.36. The van der Waals surface area contributed by atoms with Gasteiger partial charge in [0.25, 0.3) is 0 Å². The second kappa shape index (κ2) is 7.84. The van der Waals surface area contributed by atoms with Gasteiger partial charge in [-0.1, -0.05) is 6.08 Å². The maximum absolute atomic E-state index is 11.7. The molecule has 0 aromatic carbocycles. The number of likely N-dealkylation sites (tertiary alicyclic amines) is 1. The van der Waals surface area contributed by atoms with E-state index in [9.17, 15) is 9.59 Å². The molecule has 1 saturated heterocycles. The molecular weight excluding hydrogens is 220 g/mol. The lowest BCUT2D eigenvalue weighted by Gasteiger charge is -2.26. The van der Waals surface area contributed by atoms with E-state index >= 15 is 0 Å². The summed E-state index contributed by atoms with van der Waals surface area (Å²) in [5.41, 5.74) is 0. The summed E-state index contributed by atoms with van der Waals surface area (Å²) in [6.07, 6.45) is 6.57. The van der Waals surface area contributed by atoms with Gasteiger partial charge in [-0.25, -0.2) is 4.79 Å². The molecule has 0 spiro atoms. The monoisotopic (exact) mass is 240 g/mol.